The molecule has 0 aromatic heterocycles. The summed E-state index contributed by atoms with van der Waals surface area (Å²) in [5, 5.41) is 0. The van der Waals surface area contributed by atoms with Gasteiger partial charge < -0.3 is 0 Å². The van der Waals surface area contributed by atoms with E-state index in [9.17, 15) is 13.2 Å². The molecule has 0 bridgehead atoms. The third kappa shape index (κ3) is 2.42. The Hall–Kier alpha value is -0.510. The first kappa shape index (κ1) is 12.0. The van der Waals surface area contributed by atoms with Crippen molar-refractivity contribution in [2.75, 3.05) is 0 Å². The number of halogens is 4. The standard InChI is InChI=1S/C12H12BrF3/c13-9-3-1-7(2-4-9)8-5-10(14)12(16)11(15)6-8/h5-7,9H,1-4H2. The van der Waals surface area contributed by atoms with Crippen LogP contribution in [0.1, 0.15) is 37.2 Å². The molecule has 0 atom stereocenters. The highest BCUT2D eigenvalue weighted by atomic mass is 79.9. The van der Waals surface area contributed by atoms with Crippen molar-refractivity contribution in [3.8, 4) is 0 Å². The molecule has 0 amide bonds. The lowest BCUT2D eigenvalue weighted by Gasteiger charge is -2.25. The van der Waals surface area contributed by atoms with Crippen molar-refractivity contribution < 1.29 is 13.2 Å². The smallest absolute Gasteiger partial charge is 0.194 e. The summed E-state index contributed by atoms with van der Waals surface area (Å²) >= 11 is 3.52. The summed E-state index contributed by atoms with van der Waals surface area (Å²) in [5.41, 5.74) is 0.579. The van der Waals surface area contributed by atoms with Gasteiger partial charge in [-0.3, -0.25) is 0 Å². The Kier molecular flexibility index (Phi) is 3.57. The number of hydrogen-bond donors (Lipinski definition) is 0. The summed E-state index contributed by atoms with van der Waals surface area (Å²) in [7, 11) is 0. The van der Waals surface area contributed by atoms with Gasteiger partial charge in [-0.15, -0.1) is 0 Å². The monoisotopic (exact) mass is 292 g/mol. The van der Waals surface area contributed by atoms with Crippen LogP contribution in [-0.4, -0.2) is 4.83 Å². The van der Waals surface area contributed by atoms with Gasteiger partial charge in [0, 0.05) is 4.83 Å². The molecule has 0 aliphatic heterocycles. The Morgan fingerprint density at radius 2 is 1.44 bits per heavy atom. The van der Waals surface area contributed by atoms with E-state index in [0.29, 0.717) is 10.4 Å². The zero-order chi connectivity index (χ0) is 11.7. The van der Waals surface area contributed by atoms with E-state index in [0.717, 1.165) is 37.8 Å². The molecule has 2 rings (SSSR count). The van der Waals surface area contributed by atoms with Gasteiger partial charge in [-0.05, 0) is 49.3 Å². The van der Waals surface area contributed by atoms with E-state index in [1.165, 1.54) is 0 Å². The van der Waals surface area contributed by atoms with Crippen LogP contribution in [0.5, 0.6) is 0 Å². The molecule has 4 heteroatoms. The van der Waals surface area contributed by atoms with E-state index in [1.807, 2.05) is 0 Å². The molecule has 0 radical (unpaired) electrons. The van der Waals surface area contributed by atoms with Crippen molar-refractivity contribution in [2.45, 2.75) is 36.4 Å². The van der Waals surface area contributed by atoms with Gasteiger partial charge in [-0.2, -0.15) is 0 Å². The highest BCUT2D eigenvalue weighted by Crippen LogP contribution is 2.36. The first-order valence-electron chi connectivity index (χ1n) is 5.36. The topological polar surface area (TPSA) is 0 Å². The van der Waals surface area contributed by atoms with E-state index in [-0.39, 0.29) is 5.92 Å². The molecular weight excluding hydrogens is 281 g/mol. The largest absolute Gasteiger partial charge is 0.204 e. The van der Waals surface area contributed by atoms with E-state index in [1.54, 1.807) is 0 Å². The number of alkyl halides is 1. The zero-order valence-electron chi connectivity index (χ0n) is 8.65. The lowest BCUT2D eigenvalue weighted by atomic mass is 9.84. The molecule has 1 aliphatic rings. The molecule has 0 unspecified atom stereocenters. The Labute approximate surface area is 101 Å². The molecule has 16 heavy (non-hydrogen) atoms. The van der Waals surface area contributed by atoms with E-state index < -0.39 is 17.5 Å². The molecule has 88 valence electrons. The molecule has 0 nitrogen and oxygen atoms in total. The highest BCUT2D eigenvalue weighted by Gasteiger charge is 2.22. The molecule has 1 aromatic carbocycles. The van der Waals surface area contributed by atoms with Crippen molar-refractivity contribution in [2.24, 2.45) is 0 Å². The van der Waals surface area contributed by atoms with Crippen LogP contribution < -0.4 is 0 Å². The van der Waals surface area contributed by atoms with Crippen LogP contribution in [0, 0.1) is 17.5 Å². The second kappa shape index (κ2) is 4.78. The fraction of sp³-hybridized carbons (Fsp3) is 0.500. The molecule has 0 saturated heterocycles. The molecule has 0 N–H and O–H groups in total. The van der Waals surface area contributed by atoms with Gasteiger partial charge in [0.1, 0.15) is 0 Å². The molecule has 0 spiro atoms. The van der Waals surface area contributed by atoms with Crippen molar-refractivity contribution in [1.29, 1.82) is 0 Å². The lowest BCUT2D eigenvalue weighted by molar-refractivity contribution is 0.427. The maximum absolute atomic E-state index is 13.0. The predicted octanol–water partition coefficient (Wildman–Crippen LogP) is 4.53. The molecular formula is C12H12BrF3. The third-order valence-corrected chi connectivity index (χ3v) is 4.05. The van der Waals surface area contributed by atoms with Gasteiger partial charge in [-0.1, -0.05) is 15.9 Å². The minimum Gasteiger partial charge on any atom is -0.204 e. The minimum absolute atomic E-state index is 0.151. The summed E-state index contributed by atoms with van der Waals surface area (Å²) in [5.74, 6) is -3.40. The van der Waals surface area contributed by atoms with Crippen molar-refractivity contribution in [1.82, 2.24) is 0 Å². The number of benzene rings is 1. The first-order valence-corrected chi connectivity index (χ1v) is 6.28. The first-order chi connectivity index (χ1) is 7.58. The molecule has 1 aromatic rings. The van der Waals surface area contributed by atoms with E-state index >= 15 is 0 Å². The zero-order valence-corrected chi connectivity index (χ0v) is 10.2. The van der Waals surface area contributed by atoms with Gasteiger partial charge in [0.2, 0.25) is 0 Å². The molecule has 1 aliphatic carbocycles. The van der Waals surface area contributed by atoms with Gasteiger partial charge >= 0.3 is 0 Å². The molecule has 1 saturated carbocycles. The Bertz CT molecular complexity index is 361. The predicted molar refractivity (Wildman–Crippen MR) is 60.2 cm³/mol. The normalized spacial score (nSPS) is 25.8. The van der Waals surface area contributed by atoms with Crippen LogP contribution in [0.15, 0.2) is 12.1 Å². The third-order valence-electron chi connectivity index (χ3n) is 3.13. The van der Waals surface area contributed by atoms with E-state index in [4.69, 9.17) is 0 Å². The van der Waals surface area contributed by atoms with Crippen molar-refractivity contribution in [3.63, 3.8) is 0 Å². The fourth-order valence-corrected chi connectivity index (χ4v) is 2.73. The van der Waals surface area contributed by atoms with Gasteiger partial charge in [0.15, 0.2) is 17.5 Å². The summed E-state index contributed by atoms with van der Waals surface area (Å²) in [6.45, 7) is 0. The fourth-order valence-electron chi connectivity index (χ4n) is 2.20. The highest BCUT2D eigenvalue weighted by molar-refractivity contribution is 9.09. The number of hydrogen-bond acceptors (Lipinski definition) is 0. The minimum atomic E-state index is -1.38. The molecule has 1 fully saturated rings. The summed E-state index contributed by atoms with van der Waals surface area (Å²) in [6, 6.07) is 2.25. The van der Waals surface area contributed by atoms with Crippen LogP contribution in [0.4, 0.5) is 13.2 Å². The molecule has 0 heterocycles. The SMILES string of the molecule is Fc1cc(C2CCC(Br)CC2)cc(F)c1F. The number of rotatable bonds is 1. The summed E-state index contributed by atoms with van der Waals surface area (Å²) < 4.78 is 38.9. The van der Waals surface area contributed by atoms with Crippen LogP contribution in [0.25, 0.3) is 0 Å². The van der Waals surface area contributed by atoms with Crippen LogP contribution in [0.2, 0.25) is 0 Å². The second-order valence-electron chi connectivity index (χ2n) is 4.25. The van der Waals surface area contributed by atoms with Crippen LogP contribution >= 0.6 is 15.9 Å². The van der Waals surface area contributed by atoms with E-state index in [2.05, 4.69) is 15.9 Å². The Balaban J connectivity index is 2.21. The van der Waals surface area contributed by atoms with Crippen LogP contribution in [-0.2, 0) is 0 Å². The van der Waals surface area contributed by atoms with Crippen molar-refractivity contribution >= 4 is 15.9 Å². The van der Waals surface area contributed by atoms with Crippen LogP contribution in [0.3, 0.4) is 0 Å². The average Bonchev–Trinajstić information content (AvgIpc) is 2.26. The Morgan fingerprint density at radius 1 is 0.938 bits per heavy atom. The average molecular weight is 293 g/mol. The summed E-state index contributed by atoms with van der Waals surface area (Å²) in [6.07, 6.45) is 3.76. The second-order valence-corrected chi connectivity index (χ2v) is 5.54. The van der Waals surface area contributed by atoms with Crippen molar-refractivity contribution in [3.05, 3.63) is 35.1 Å². The summed E-state index contributed by atoms with van der Waals surface area (Å²) in [4.78, 5) is 0.499. The Morgan fingerprint density at radius 3 is 1.94 bits per heavy atom. The maximum Gasteiger partial charge on any atom is 0.194 e. The lowest BCUT2D eigenvalue weighted by Crippen LogP contribution is -2.13. The quantitative estimate of drug-likeness (QED) is 0.527. The van der Waals surface area contributed by atoms with Gasteiger partial charge in [-0.25, -0.2) is 13.2 Å². The maximum atomic E-state index is 13.0. The van der Waals surface area contributed by atoms with Gasteiger partial charge in [0.05, 0.1) is 0 Å². The van der Waals surface area contributed by atoms with Gasteiger partial charge in [0.25, 0.3) is 0 Å².